The van der Waals surface area contributed by atoms with Crippen molar-refractivity contribution in [3.63, 3.8) is 0 Å². The summed E-state index contributed by atoms with van der Waals surface area (Å²) < 4.78 is 0. The van der Waals surface area contributed by atoms with Crippen molar-refractivity contribution in [1.82, 2.24) is 9.97 Å². The van der Waals surface area contributed by atoms with Gasteiger partial charge < -0.3 is 5.73 Å². The molecule has 5 nitrogen and oxygen atoms in total. The van der Waals surface area contributed by atoms with E-state index in [1.54, 1.807) is 0 Å². The van der Waals surface area contributed by atoms with Crippen LogP contribution >= 0.6 is 0 Å². The first-order valence-electron chi connectivity index (χ1n) is 7.59. The Morgan fingerprint density at radius 1 is 0.750 bits per heavy atom. The second-order valence-electron chi connectivity index (χ2n) is 5.63. The van der Waals surface area contributed by atoms with Crippen LogP contribution in [0.1, 0.15) is 67.7 Å². The van der Waals surface area contributed by atoms with Gasteiger partial charge >= 0.3 is 0 Å². The van der Waals surface area contributed by atoms with Crippen molar-refractivity contribution in [2.45, 2.75) is 57.8 Å². The third kappa shape index (κ3) is 2.57. The first-order chi connectivity index (χ1) is 9.75. The van der Waals surface area contributed by atoms with E-state index >= 15 is 0 Å². The zero-order valence-electron chi connectivity index (χ0n) is 11.8. The molecule has 0 spiro atoms. The van der Waals surface area contributed by atoms with Crippen molar-refractivity contribution < 1.29 is 0 Å². The number of hydrogen-bond donors (Lipinski definition) is 2. The monoisotopic (exact) mass is 271 g/mol. The molecule has 2 heterocycles. The maximum absolute atomic E-state index is 7.82. The van der Waals surface area contributed by atoms with E-state index in [0.29, 0.717) is 17.2 Å². The summed E-state index contributed by atoms with van der Waals surface area (Å²) in [4.78, 5) is 13.3. The van der Waals surface area contributed by atoms with Gasteiger partial charge in [0.15, 0.2) is 11.7 Å². The molecule has 1 aromatic rings. The Labute approximate surface area is 119 Å². The molecule has 5 heteroatoms. The van der Waals surface area contributed by atoms with Crippen molar-refractivity contribution in [2.75, 3.05) is 0 Å². The molecule has 0 aromatic carbocycles. The van der Waals surface area contributed by atoms with Gasteiger partial charge in [-0.05, 0) is 25.7 Å². The van der Waals surface area contributed by atoms with Gasteiger partial charge in [0.1, 0.15) is 11.4 Å². The van der Waals surface area contributed by atoms with E-state index in [2.05, 4.69) is 15.0 Å². The van der Waals surface area contributed by atoms with Crippen molar-refractivity contribution in [1.29, 1.82) is 5.41 Å². The molecule has 0 radical (unpaired) electrons. The van der Waals surface area contributed by atoms with E-state index in [4.69, 9.17) is 11.1 Å². The van der Waals surface area contributed by atoms with Gasteiger partial charge in [0.2, 0.25) is 0 Å². The number of aromatic nitrogens is 2. The second-order valence-corrected chi connectivity index (χ2v) is 5.63. The molecule has 1 aromatic heterocycles. The highest BCUT2D eigenvalue weighted by atomic mass is 15.0. The van der Waals surface area contributed by atoms with Crippen LogP contribution in [-0.4, -0.2) is 21.6 Å². The summed E-state index contributed by atoms with van der Waals surface area (Å²) in [7, 11) is 0. The standard InChI is InChI=1S/C15H21N5/c16-14-12-13(15(17)20-14)19-11-9-7-5-3-1-2-4-6-8-10(11)18-12/h1-9H2,(H3,16,17,20). The first kappa shape index (κ1) is 13.2. The summed E-state index contributed by atoms with van der Waals surface area (Å²) in [6, 6.07) is 0. The predicted molar refractivity (Wildman–Crippen MR) is 79.3 cm³/mol. The van der Waals surface area contributed by atoms with Crippen molar-refractivity contribution in [3.8, 4) is 0 Å². The van der Waals surface area contributed by atoms with E-state index in [9.17, 15) is 0 Å². The molecular formula is C15H21N5. The van der Waals surface area contributed by atoms with Crippen LogP contribution in [0.3, 0.4) is 0 Å². The van der Waals surface area contributed by atoms with Gasteiger partial charge in [0.25, 0.3) is 0 Å². The summed E-state index contributed by atoms with van der Waals surface area (Å²) in [6.07, 6.45) is 10.8. The molecule has 2 aliphatic rings. The highest BCUT2D eigenvalue weighted by Crippen LogP contribution is 2.21. The lowest BCUT2D eigenvalue weighted by Crippen LogP contribution is -2.16. The van der Waals surface area contributed by atoms with Crippen molar-refractivity contribution >= 4 is 11.7 Å². The number of hydrogen-bond acceptors (Lipinski definition) is 4. The van der Waals surface area contributed by atoms with Crippen molar-refractivity contribution in [3.05, 3.63) is 22.8 Å². The SMILES string of the molecule is N=C1N=C(N)c2nc3c(nc21)CCCCCCCCC3. The summed E-state index contributed by atoms with van der Waals surface area (Å²) in [6.45, 7) is 0. The Kier molecular flexibility index (Phi) is 3.76. The molecule has 0 fully saturated rings. The van der Waals surface area contributed by atoms with Gasteiger partial charge in [-0.3, -0.25) is 5.41 Å². The molecule has 1 aliphatic heterocycles. The van der Waals surface area contributed by atoms with E-state index < -0.39 is 0 Å². The minimum Gasteiger partial charge on any atom is -0.382 e. The van der Waals surface area contributed by atoms with E-state index in [1.807, 2.05) is 0 Å². The normalized spacial score (nSPS) is 19.8. The Balaban J connectivity index is 1.93. The Morgan fingerprint density at radius 3 is 1.85 bits per heavy atom. The van der Waals surface area contributed by atoms with Crippen LogP contribution in [0.15, 0.2) is 4.99 Å². The molecule has 0 saturated heterocycles. The van der Waals surface area contributed by atoms with Crippen LogP contribution in [0.4, 0.5) is 0 Å². The number of aryl methyl sites for hydroxylation is 2. The summed E-state index contributed by atoms with van der Waals surface area (Å²) in [5.74, 6) is 0.497. The zero-order valence-corrected chi connectivity index (χ0v) is 11.8. The summed E-state index contributed by atoms with van der Waals surface area (Å²) in [5.41, 5.74) is 9.13. The largest absolute Gasteiger partial charge is 0.382 e. The smallest absolute Gasteiger partial charge is 0.175 e. The quantitative estimate of drug-likeness (QED) is 0.759. The molecule has 0 atom stereocenters. The average Bonchev–Trinajstić information content (AvgIpc) is 2.69. The van der Waals surface area contributed by atoms with Gasteiger partial charge in [0, 0.05) is 0 Å². The highest BCUT2D eigenvalue weighted by molar-refractivity contribution is 6.18. The Bertz CT molecular complexity index is 562. The summed E-state index contributed by atoms with van der Waals surface area (Å²) in [5, 5.41) is 7.82. The molecule has 3 N–H and O–H groups in total. The minimum absolute atomic E-state index is 0.155. The Morgan fingerprint density at radius 2 is 1.25 bits per heavy atom. The zero-order chi connectivity index (χ0) is 13.9. The fourth-order valence-electron chi connectivity index (χ4n) is 2.94. The van der Waals surface area contributed by atoms with E-state index in [0.717, 1.165) is 37.1 Å². The molecule has 0 bridgehead atoms. The van der Waals surface area contributed by atoms with Crippen LogP contribution in [-0.2, 0) is 12.8 Å². The van der Waals surface area contributed by atoms with Gasteiger partial charge in [0.05, 0.1) is 11.4 Å². The molecular weight excluding hydrogens is 250 g/mol. The number of nitrogens with zero attached hydrogens (tertiary/aromatic N) is 3. The van der Waals surface area contributed by atoms with Gasteiger partial charge in [-0.25, -0.2) is 15.0 Å². The molecule has 3 rings (SSSR count). The number of fused-ring (bicyclic) bond motifs is 2. The third-order valence-electron chi connectivity index (χ3n) is 4.08. The molecule has 20 heavy (non-hydrogen) atoms. The van der Waals surface area contributed by atoms with E-state index in [-0.39, 0.29) is 5.84 Å². The maximum Gasteiger partial charge on any atom is 0.175 e. The fourth-order valence-corrected chi connectivity index (χ4v) is 2.94. The van der Waals surface area contributed by atoms with Gasteiger partial charge in [-0.15, -0.1) is 0 Å². The number of rotatable bonds is 0. The minimum atomic E-state index is 0.155. The lowest BCUT2D eigenvalue weighted by Gasteiger charge is -2.10. The molecule has 1 aliphatic carbocycles. The maximum atomic E-state index is 7.82. The van der Waals surface area contributed by atoms with Crippen LogP contribution < -0.4 is 5.73 Å². The number of amidine groups is 2. The van der Waals surface area contributed by atoms with Crippen LogP contribution in [0.5, 0.6) is 0 Å². The average molecular weight is 271 g/mol. The van der Waals surface area contributed by atoms with E-state index in [1.165, 1.54) is 32.1 Å². The predicted octanol–water partition coefficient (Wildman–Crippen LogP) is 2.35. The second kappa shape index (κ2) is 5.69. The highest BCUT2D eigenvalue weighted by Gasteiger charge is 2.24. The van der Waals surface area contributed by atoms with Crippen molar-refractivity contribution in [2.24, 2.45) is 10.7 Å². The lowest BCUT2D eigenvalue weighted by atomic mass is 10.1. The number of nitrogens with one attached hydrogen (secondary N) is 1. The fraction of sp³-hybridized carbons (Fsp3) is 0.600. The van der Waals surface area contributed by atoms with Gasteiger partial charge in [-0.2, -0.15) is 0 Å². The molecule has 106 valence electrons. The molecule has 0 saturated carbocycles. The Hall–Kier alpha value is -1.78. The lowest BCUT2D eigenvalue weighted by molar-refractivity contribution is 0.586. The molecule has 0 amide bonds. The first-order valence-corrected chi connectivity index (χ1v) is 7.59. The topological polar surface area (TPSA) is 88.0 Å². The molecule has 0 unspecified atom stereocenters. The number of nitrogens with two attached hydrogens (primary N) is 1. The third-order valence-corrected chi connectivity index (χ3v) is 4.08. The summed E-state index contributed by atoms with van der Waals surface area (Å²) >= 11 is 0. The van der Waals surface area contributed by atoms with Crippen LogP contribution in [0.25, 0.3) is 0 Å². The van der Waals surface area contributed by atoms with Gasteiger partial charge in [-0.1, -0.05) is 32.1 Å². The number of aliphatic imine (C=N–C) groups is 1. The van der Waals surface area contributed by atoms with Crippen LogP contribution in [0.2, 0.25) is 0 Å². The van der Waals surface area contributed by atoms with Crippen LogP contribution in [0, 0.1) is 5.41 Å².